The Kier molecular flexibility index (Phi) is 5.11. The van der Waals surface area contributed by atoms with Gasteiger partial charge in [0.2, 0.25) is 0 Å². The Labute approximate surface area is 155 Å². The van der Waals surface area contributed by atoms with Crippen LogP contribution < -0.4 is 5.32 Å². The van der Waals surface area contributed by atoms with Crippen LogP contribution in [0, 0.1) is 6.92 Å². The average molecular weight is 378 g/mol. The largest absolute Gasteiger partial charge is 0.304 e. The van der Waals surface area contributed by atoms with Gasteiger partial charge >= 0.3 is 0 Å². The zero-order valence-electron chi connectivity index (χ0n) is 13.8. The summed E-state index contributed by atoms with van der Waals surface area (Å²) >= 11 is 12.4. The van der Waals surface area contributed by atoms with Crippen molar-refractivity contribution in [3.8, 4) is 0 Å². The molecular weight excluding hydrogens is 361 g/mol. The third-order valence-corrected chi connectivity index (χ3v) is 4.55. The second-order valence-corrected chi connectivity index (χ2v) is 6.33. The van der Waals surface area contributed by atoms with Crippen LogP contribution in [-0.2, 0) is 13.1 Å². The van der Waals surface area contributed by atoms with E-state index >= 15 is 0 Å². The molecule has 0 spiro atoms. The number of nitrogens with zero attached hydrogens (tertiary/aromatic N) is 4. The van der Waals surface area contributed by atoms with Gasteiger partial charge in [-0.25, -0.2) is 0 Å². The molecule has 1 aromatic carbocycles. The smallest absolute Gasteiger partial charge is 0.275 e. The first-order chi connectivity index (χ1) is 12.0. The summed E-state index contributed by atoms with van der Waals surface area (Å²) in [4.78, 5) is 12.4. The Morgan fingerprint density at radius 2 is 1.92 bits per heavy atom. The van der Waals surface area contributed by atoms with Gasteiger partial charge in [0.15, 0.2) is 5.82 Å². The Morgan fingerprint density at radius 1 is 1.20 bits per heavy atom. The number of nitrogens with one attached hydrogen (secondary N) is 1. The number of amides is 1. The lowest BCUT2D eigenvalue weighted by molar-refractivity contribution is 0.101. The van der Waals surface area contributed by atoms with Crippen molar-refractivity contribution < 1.29 is 4.79 Å². The summed E-state index contributed by atoms with van der Waals surface area (Å²) < 4.78 is 3.38. The summed E-state index contributed by atoms with van der Waals surface area (Å²) in [7, 11) is 0. The minimum atomic E-state index is -0.250. The molecule has 0 saturated carbocycles. The number of hydrogen-bond acceptors (Lipinski definition) is 3. The molecule has 3 aromatic rings. The van der Waals surface area contributed by atoms with E-state index in [0.29, 0.717) is 34.6 Å². The van der Waals surface area contributed by atoms with E-state index < -0.39 is 0 Å². The third kappa shape index (κ3) is 3.70. The molecule has 25 heavy (non-hydrogen) atoms. The van der Waals surface area contributed by atoms with Gasteiger partial charge in [-0.2, -0.15) is 10.2 Å². The van der Waals surface area contributed by atoms with E-state index in [1.54, 1.807) is 45.9 Å². The van der Waals surface area contributed by atoms with Crippen molar-refractivity contribution in [3.63, 3.8) is 0 Å². The normalized spacial score (nSPS) is 10.9. The van der Waals surface area contributed by atoms with E-state index in [0.717, 1.165) is 11.3 Å². The molecule has 8 heteroatoms. The van der Waals surface area contributed by atoms with Crippen LogP contribution in [-0.4, -0.2) is 25.5 Å². The fourth-order valence-electron chi connectivity index (χ4n) is 2.52. The van der Waals surface area contributed by atoms with Crippen LogP contribution in [0.15, 0.2) is 36.5 Å². The zero-order chi connectivity index (χ0) is 18.0. The highest BCUT2D eigenvalue weighted by atomic mass is 35.5. The molecule has 0 radical (unpaired) electrons. The molecule has 1 amide bonds. The van der Waals surface area contributed by atoms with E-state index in [1.165, 1.54) is 0 Å². The van der Waals surface area contributed by atoms with Gasteiger partial charge < -0.3 is 5.32 Å². The first kappa shape index (κ1) is 17.5. The minimum Gasteiger partial charge on any atom is -0.304 e. The molecule has 0 saturated heterocycles. The van der Waals surface area contributed by atoms with Crippen LogP contribution in [0.1, 0.15) is 28.7 Å². The molecule has 0 fully saturated rings. The molecule has 0 aliphatic heterocycles. The van der Waals surface area contributed by atoms with Crippen LogP contribution in [0.4, 0.5) is 5.82 Å². The number of benzene rings is 1. The SMILES string of the molecule is CCn1nccc1C(=O)Nc1cc(C)n(Cc2c(Cl)cccc2Cl)n1. The number of carbonyl (C=O) groups is 1. The Balaban J connectivity index is 1.80. The van der Waals surface area contributed by atoms with Crippen molar-refractivity contribution in [3.05, 3.63) is 63.5 Å². The second kappa shape index (κ2) is 7.29. The van der Waals surface area contributed by atoms with E-state index in [-0.39, 0.29) is 5.91 Å². The Hall–Kier alpha value is -2.31. The monoisotopic (exact) mass is 377 g/mol. The summed E-state index contributed by atoms with van der Waals surface area (Å²) in [5, 5.41) is 12.5. The van der Waals surface area contributed by atoms with Crippen LogP contribution in [0.2, 0.25) is 10.0 Å². The molecule has 2 aromatic heterocycles. The lowest BCUT2D eigenvalue weighted by Crippen LogP contribution is -2.17. The number of rotatable bonds is 5. The summed E-state index contributed by atoms with van der Waals surface area (Å²) in [6.45, 7) is 4.88. The van der Waals surface area contributed by atoms with Gasteiger partial charge in [-0.3, -0.25) is 14.2 Å². The van der Waals surface area contributed by atoms with E-state index in [4.69, 9.17) is 23.2 Å². The average Bonchev–Trinajstić information content (AvgIpc) is 3.17. The molecule has 0 aliphatic rings. The lowest BCUT2D eigenvalue weighted by atomic mass is 10.2. The predicted molar refractivity (Wildman–Crippen MR) is 98.4 cm³/mol. The van der Waals surface area contributed by atoms with Gasteiger partial charge in [0.1, 0.15) is 5.69 Å². The molecule has 0 bridgehead atoms. The van der Waals surface area contributed by atoms with E-state index in [2.05, 4.69) is 15.5 Å². The summed E-state index contributed by atoms with van der Waals surface area (Å²) in [6, 6.07) is 8.85. The summed E-state index contributed by atoms with van der Waals surface area (Å²) in [5.74, 6) is 0.217. The standard InChI is InChI=1S/C17H17Cl2N5O/c1-3-23-15(7-8-20-23)17(25)21-16-9-11(2)24(22-16)10-12-13(18)5-4-6-14(12)19/h4-9H,3,10H2,1-2H3,(H,21,22,25). The Bertz CT molecular complexity index is 895. The first-order valence-electron chi connectivity index (χ1n) is 7.80. The molecule has 0 atom stereocenters. The van der Waals surface area contributed by atoms with Gasteiger partial charge in [0, 0.05) is 40.1 Å². The molecular formula is C17H17Cl2N5O. The number of carbonyl (C=O) groups excluding carboxylic acids is 1. The maximum Gasteiger partial charge on any atom is 0.275 e. The quantitative estimate of drug-likeness (QED) is 0.730. The molecule has 2 heterocycles. The van der Waals surface area contributed by atoms with Gasteiger partial charge in [-0.05, 0) is 32.0 Å². The van der Waals surface area contributed by atoms with E-state index in [1.807, 2.05) is 13.8 Å². The van der Waals surface area contributed by atoms with Crippen LogP contribution in [0.5, 0.6) is 0 Å². The van der Waals surface area contributed by atoms with Crippen LogP contribution in [0.3, 0.4) is 0 Å². The molecule has 0 aliphatic carbocycles. The van der Waals surface area contributed by atoms with Gasteiger partial charge in [0.25, 0.3) is 5.91 Å². The Morgan fingerprint density at radius 3 is 2.60 bits per heavy atom. The number of hydrogen-bond donors (Lipinski definition) is 1. The minimum absolute atomic E-state index is 0.250. The molecule has 6 nitrogen and oxygen atoms in total. The first-order valence-corrected chi connectivity index (χ1v) is 8.55. The van der Waals surface area contributed by atoms with Crippen molar-refractivity contribution in [2.45, 2.75) is 26.9 Å². The van der Waals surface area contributed by atoms with Crippen molar-refractivity contribution in [1.29, 1.82) is 0 Å². The van der Waals surface area contributed by atoms with Crippen molar-refractivity contribution >= 4 is 34.9 Å². The number of anilines is 1. The zero-order valence-corrected chi connectivity index (χ0v) is 15.3. The molecule has 130 valence electrons. The molecule has 3 rings (SSSR count). The second-order valence-electron chi connectivity index (χ2n) is 5.52. The molecule has 0 unspecified atom stereocenters. The highest BCUT2D eigenvalue weighted by molar-refractivity contribution is 6.35. The predicted octanol–water partition coefficient (Wildman–Crippen LogP) is 4.02. The third-order valence-electron chi connectivity index (χ3n) is 3.84. The van der Waals surface area contributed by atoms with Crippen molar-refractivity contribution in [2.24, 2.45) is 0 Å². The number of aryl methyl sites for hydroxylation is 2. The van der Waals surface area contributed by atoms with E-state index in [9.17, 15) is 4.79 Å². The maximum atomic E-state index is 12.4. The highest BCUT2D eigenvalue weighted by Crippen LogP contribution is 2.25. The van der Waals surface area contributed by atoms with Crippen LogP contribution >= 0.6 is 23.2 Å². The lowest BCUT2D eigenvalue weighted by Gasteiger charge is -2.08. The fraction of sp³-hybridized carbons (Fsp3) is 0.235. The number of aromatic nitrogens is 4. The maximum absolute atomic E-state index is 12.4. The topological polar surface area (TPSA) is 64.7 Å². The van der Waals surface area contributed by atoms with Crippen molar-refractivity contribution in [2.75, 3.05) is 5.32 Å². The number of halogens is 2. The summed E-state index contributed by atoms with van der Waals surface area (Å²) in [6.07, 6.45) is 1.60. The highest BCUT2D eigenvalue weighted by Gasteiger charge is 2.15. The van der Waals surface area contributed by atoms with Crippen LogP contribution in [0.25, 0.3) is 0 Å². The van der Waals surface area contributed by atoms with Gasteiger partial charge in [-0.15, -0.1) is 0 Å². The summed E-state index contributed by atoms with van der Waals surface area (Å²) in [5.41, 5.74) is 2.16. The molecule has 1 N–H and O–H groups in total. The van der Waals surface area contributed by atoms with Gasteiger partial charge in [0.05, 0.1) is 6.54 Å². The van der Waals surface area contributed by atoms with Gasteiger partial charge in [-0.1, -0.05) is 29.3 Å². The fourth-order valence-corrected chi connectivity index (χ4v) is 3.04. The van der Waals surface area contributed by atoms with Crippen molar-refractivity contribution in [1.82, 2.24) is 19.6 Å².